The summed E-state index contributed by atoms with van der Waals surface area (Å²) < 4.78 is 2.00. The molecule has 0 N–H and O–H groups in total. The normalized spacial score (nSPS) is 10.6. The molecular formula is C13H16N4O. The molecule has 0 fully saturated rings. The standard InChI is InChI=1S/C13H16N4O/c1-3-5-17-6-4-14-13(17)7-12(18)11-9-15-10(2)8-16-11/h4,6,8-9H,3,5,7H2,1-2H3. The Balaban J connectivity index is 2.11. The van der Waals surface area contributed by atoms with Crippen molar-refractivity contribution in [2.24, 2.45) is 0 Å². The molecule has 0 aliphatic rings. The zero-order valence-electron chi connectivity index (χ0n) is 10.6. The summed E-state index contributed by atoms with van der Waals surface area (Å²) in [6.07, 6.45) is 8.02. The molecule has 0 amide bonds. The highest BCUT2D eigenvalue weighted by atomic mass is 16.1. The number of aryl methyl sites for hydroxylation is 2. The Bertz CT molecular complexity index is 530. The summed E-state index contributed by atoms with van der Waals surface area (Å²) >= 11 is 0. The Morgan fingerprint density at radius 2 is 2.11 bits per heavy atom. The molecule has 0 bridgehead atoms. The van der Waals surface area contributed by atoms with E-state index in [1.54, 1.807) is 12.4 Å². The summed E-state index contributed by atoms with van der Waals surface area (Å²) in [5.41, 5.74) is 1.20. The van der Waals surface area contributed by atoms with E-state index in [-0.39, 0.29) is 12.2 Å². The first-order valence-electron chi connectivity index (χ1n) is 6.02. The van der Waals surface area contributed by atoms with Crippen molar-refractivity contribution in [1.29, 1.82) is 0 Å². The minimum absolute atomic E-state index is 0.0500. The molecule has 2 rings (SSSR count). The van der Waals surface area contributed by atoms with Gasteiger partial charge in [0.1, 0.15) is 11.5 Å². The van der Waals surface area contributed by atoms with Gasteiger partial charge >= 0.3 is 0 Å². The summed E-state index contributed by atoms with van der Waals surface area (Å²) in [5.74, 6) is 0.732. The number of ketones is 1. The second-order valence-electron chi connectivity index (χ2n) is 4.18. The maximum atomic E-state index is 12.0. The van der Waals surface area contributed by atoms with Crippen molar-refractivity contribution >= 4 is 5.78 Å². The molecular weight excluding hydrogens is 228 g/mol. The number of carbonyl (C=O) groups is 1. The number of nitrogens with zero attached hydrogens (tertiary/aromatic N) is 4. The first-order chi connectivity index (χ1) is 8.70. The topological polar surface area (TPSA) is 60.7 Å². The van der Waals surface area contributed by atoms with Crippen LogP contribution in [0.1, 0.15) is 35.4 Å². The van der Waals surface area contributed by atoms with Crippen LogP contribution in [-0.4, -0.2) is 25.3 Å². The van der Waals surface area contributed by atoms with Gasteiger partial charge in [0.05, 0.1) is 18.3 Å². The van der Waals surface area contributed by atoms with Crippen molar-refractivity contribution in [3.8, 4) is 0 Å². The molecule has 0 unspecified atom stereocenters. The molecule has 0 aromatic carbocycles. The van der Waals surface area contributed by atoms with E-state index in [0.29, 0.717) is 5.69 Å². The molecule has 0 spiro atoms. The van der Waals surface area contributed by atoms with Crippen molar-refractivity contribution < 1.29 is 4.79 Å². The van der Waals surface area contributed by atoms with Crippen molar-refractivity contribution in [1.82, 2.24) is 19.5 Å². The second-order valence-corrected chi connectivity index (χ2v) is 4.18. The third-order valence-electron chi connectivity index (χ3n) is 2.65. The lowest BCUT2D eigenvalue weighted by Gasteiger charge is -2.05. The van der Waals surface area contributed by atoms with Crippen LogP contribution in [0, 0.1) is 6.92 Å². The number of hydrogen-bond acceptors (Lipinski definition) is 4. The molecule has 18 heavy (non-hydrogen) atoms. The summed E-state index contributed by atoms with van der Waals surface area (Å²) in [7, 11) is 0. The van der Waals surface area contributed by atoms with Crippen molar-refractivity contribution in [3.05, 3.63) is 42.0 Å². The van der Waals surface area contributed by atoms with E-state index in [0.717, 1.165) is 24.5 Å². The number of Topliss-reactive ketones (excluding diaryl/α,β-unsaturated/α-hetero) is 1. The van der Waals surface area contributed by atoms with Crippen LogP contribution in [0.3, 0.4) is 0 Å². The van der Waals surface area contributed by atoms with Crippen molar-refractivity contribution in [2.45, 2.75) is 33.2 Å². The molecule has 0 radical (unpaired) electrons. The van der Waals surface area contributed by atoms with Gasteiger partial charge in [0, 0.05) is 25.1 Å². The Morgan fingerprint density at radius 1 is 1.28 bits per heavy atom. The quantitative estimate of drug-likeness (QED) is 0.753. The van der Waals surface area contributed by atoms with Gasteiger partial charge in [-0.05, 0) is 13.3 Å². The summed E-state index contributed by atoms with van der Waals surface area (Å²) in [5, 5.41) is 0. The SMILES string of the molecule is CCCn1ccnc1CC(=O)c1cnc(C)cn1. The van der Waals surface area contributed by atoms with Gasteiger partial charge in [-0.15, -0.1) is 0 Å². The highest BCUT2D eigenvalue weighted by Crippen LogP contribution is 2.05. The highest BCUT2D eigenvalue weighted by molar-refractivity contribution is 5.95. The second kappa shape index (κ2) is 5.53. The molecule has 5 heteroatoms. The van der Waals surface area contributed by atoms with Gasteiger partial charge in [-0.2, -0.15) is 0 Å². The van der Waals surface area contributed by atoms with Gasteiger partial charge in [0.25, 0.3) is 0 Å². The monoisotopic (exact) mass is 244 g/mol. The summed E-state index contributed by atoms with van der Waals surface area (Å²) in [4.78, 5) is 24.4. The zero-order valence-corrected chi connectivity index (χ0v) is 10.6. The van der Waals surface area contributed by atoms with E-state index in [4.69, 9.17) is 0 Å². The fourth-order valence-corrected chi connectivity index (χ4v) is 1.72. The van der Waals surface area contributed by atoms with Gasteiger partial charge in [0.15, 0.2) is 5.78 Å². The maximum absolute atomic E-state index is 12.0. The molecule has 0 atom stereocenters. The molecule has 5 nitrogen and oxygen atoms in total. The lowest BCUT2D eigenvalue weighted by atomic mass is 10.2. The van der Waals surface area contributed by atoms with Crippen LogP contribution < -0.4 is 0 Å². The average molecular weight is 244 g/mol. The van der Waals surface area contributed by atoms with E-state index in [1.165, 1.54) is 6.20 Å². The summed E-state index contributed by atoms with van der Waals surface area (Å²) in [6, 6.07) is 0. The minimum atomic E-state index is -0.0500. The van der Waals surface area contributed by atoms with Crippen LogP contribution in [0.25, 0.3) is 0 Å². The van der Waals surface area contributed by atoms with E-state index < -0.39 is 0 Å². The van der Waals surface area contributed by atoms with Crippen LogP contribution in [0.4, 0.5) is 0 Å². The lowest BCUT2D eigenvalue weighted by molar-refractivity contribution is 0.0984. The van der Waals surface area contributed by atoms with Crippen LogP contribution in [0.2, 0.25) is 0 Å². The molecule has 94 valence electrons. The van der Waals surface area contributed by atoms with Crippen molar-refractivity contribution in [2.75, 3.05) is 0 Å². The Morgan fingerprint density at radius 3 is 2.78 bits per heavy atom. The predicted molar refractivity (Wildman–Crippen MR) is 67.3 cm³/mol. The van der Waals surface area contributed by atoms with Crippen LogP contribution in [0.5, 0.6) is 0 Å². The molecule has 0 saturated carbocycles. The minimum Gasteiger partial charge on any atom is -0.335 e. The predicted octanol–water partition coefficient (Wildman–Crippen LogP) is 1.82. The molecule has 2 aromatic rings. The van der Waals surface area contributed by atoms with Crippen LogP contribution >= 0.6 is 0 Å². The Kier molecular flexibility index (Phi) is 3.82. The third-order valence-corrected chi connectivity index (χ3v) is 2.65. The lowest BCUT2D eigenvalue weighted by Crippen LogP contribution is -2.12. The fraction of sp³-hybridized carbons (Fsp3) is 0.385. The summed E-state index contributed by atoms with van der Waals surface area (Å²) in [6.45, 7) is 4.81. The van der Waals surface area contributed by atoms with Gasteiger partial charge in [-0.25, -0.2) is 9.97 Å². The van der Waals surface area contributed by atoms with E-state index in [9.17, 15) is 4.79 Å². The van der Waals surface area contributed by atoms with Crippen LogP contribution in [0.15, 0.2) is 24.8 Å². The smallest absolute Gasteiger partial charge is 0.190 e. The Hall–Kier alpha value is -2.04. The van der Waals surface area contributed by atoms with Crippen molar-refractivity contribution in [3.63, 3.8) is 0 Å². The number of hydrogen-bond donors (Lipinski definition) is 0. The maximum Gasteiger partial charge on any atom is 0.190 e. The van der Waals surface area contributed by atoms with Gasteiger partial charge in [0.2, 0.25) is 0 Å². The van der Waals surface area contributed by atoms with Gasteiger partial charge in [-0.3, -0.25) is 9.78 Å². The fourth-order valence-electron chi connectivity index (χ4n) is 1.72. The number of imidazole rings is 1. The first-order valence-corrected chi connectivity index (χ1v) is 6.02. The number of carbonyl (C=O) groups excluding carboxylic acids is 1. The highest BCUT2D eigenvalue weighted by Gasteiger charge is 2.12. The molecule has 0 aliphatic carbocycles. The molecule has 2 heterocycles. The largest absolute Gasteiger partial charge is 0.335 e. The molecule has 2 aromatic heterocycles. The van der Waals surface area contributed by atoms with Crippen LogP contribution in [-0.2, 0) is 13.0 Å². The van der Waals surface area contributed by atoms with Gasteiger partial charge < -0.3 is 4.57 Å². The Labute approximate surface area is 106 Å². The van der Waals surface area contributed by atoms with Gasteiger partial charge in [-0.1, -0.05) is 6.92 Å². The van der Waals surface area contributed by atoms with E-state index in [2.05, 4.69) is 21.9 Å². The number of rotatable bonds is 5. The average Bonchev–Trinajstić information content (AvgIpc) is 2.78. The first kappa shape index (κ1) is 12.4. The number of aromatic nitrogens is 4. The zero-order chi connectivity index (χ0) is 13.0. The molecule has 0 saturated heterocycles. The third kappa shape index (κ3) is 2.80. The van der Waals surface area contributed by atoms with E-state index >= 15 is 0 Å². The van der Waals surface area contributed by atoms with E-state index in [1.807, 2.05) is 17.7 Å². The molecule has 0 aliphatic heterocycles.